The molecule has 1 amide bonds. The number of amides is 1. The van der Waals surface area contributed by atoms with Gasteiger partial charge in [0.25, 0.3) is 0 Å². The van der Waals surface area contributed by atoms with Crippen molar-refractivity contribution in [3.8, 4) is 0 Å². The molecule has 8 heteroatoms. The summed E-state index contributed by atoms with van der Waals surface area (Å²) in [4.78, 5) is 23.5. The summed E-state index contributed by atoms with van der Waals surface area (Å²) in [7, 11) is 0. The average molecular weight is 335 g/mol. The van der Waals surface area contributed by atoms with E-state index in [-0.39, 0.29) is 6.42 Å². The Morgan fingerprint density at radius 1 is 1.14 bits per heavy atom. The van der Waals surface area contributed by atoms with Crippen LogP contribution in [0.3, 0.4) is 0 Å². The van der Waals surface area contributed by atoms with E-state index in [9.17, 15) is 13.8 Å². The van der Waals surface area contributed by atoms with Gasteiger partial charge in [0.15, 0.2) is 11.1 Å². The molecule has 0 saturated carbocycles. The zero-order valence-electron chi connectivity index (χ0n) is 13.8. The van der Waals surface area contributed by atoms with E-state index in [2.05, 4.69) is 5.32 Å². The summed E-state index contributed by atoms with van der Waals surface area (Å²) in [5.41, 5.74) is -1.35. The van der Waals surface area contributed by atoms with E-state index in [1.165, 1.54) is 6.08 Å². The summed E-state index contributed by atoms with van der Waals surface area (Å²) in [6.07, 6.45) is 0.350. The first-order valence-corrected chi connectivity index (χ1v) is 7.95. The summed E-state index contributed by atoms with van der Waals surface area (Å²) < 4.78 is 29.7. The Bertz CT molecular complexity index is 417. The van der Waals surface area contributed by atoms with Gasteiger partial charge in [-0.1, -0.05) is 6.08 Å². The van der Waals surface area contributed by atoms with Crippen molar-refractivity contribution in [3.63, 3.8) is 0 Å². The van der Waals surface area contributed by atoms with Crippen molar-refractivity contribution in [3.05, 3.63) is 11.5 Å². The molecule has 128 valence electrons. The van der Waals surface area contributed by atoms with Crippen LogP contribution in [-0.2, 0) is 25.3 Å². The Labute approximate surface area is 133 Å². The number of carbonyl (C=O) groups excluding carboxylic acids is 2. The van der Waals surface area contributed by atoms with Crippen LogP contribution in [0.15, 0.2) is 11.5 Å². The van der Waals surface area contributed by atoms with Gasteiger partial charge >= 0.3 is 12.1 Å². The molecule has 0 rings (SSSR count). The van der Waals surface area contributed by atoms with Crippen LogP contribution in [0.1, 0.15) is 48.0 Å². The summed E-state index contributed by atoms with van der Waals surface area (Å²) in [5.74, 6) is -0.540. The summed E-state index contributed by atoms with van der Waals surface area (Å²) >= 11 is -2.18. The maximum atomic E-state index is 11.8. The molecule has 1 unspecified atom stereocenters. The number of esters is 1. The minimum atomic E-state index is -2.18. The monoisotopic (exact) mass is 335 g/mol. The van der Waals surface area contributed by atoms with Crippen molar-refractivity contribution in [2.45, 2.75) is 65.2 Å². The number of hydrogen-bond donors (Lipinski definition) is 2. The first-order valence-electron chi connectivity index (χ1n) is 6.78. The highest BCUT2D eigenvalue weighted by atomic mass is 32.2. The first-order chi connectivity index (χ1) is 9.78. The normalized spacial score (nSPS) is 15.2. The van der Waals surface area contributed by atoms with Crippen LogP contribution in [0.25, 0.3) is 0 Å². The number of nitrogens with one attached hydrogen (secondary N) is 1. The predicted octanol–water partition coefficient (Wildman–Crippen LogP) is 2.35. The number of rotatable bonds is 5. The summed E-state index contributed by atoms with van der Waals surface area (Å²) in [6.45, 7) is 10.3. The fraction of sp³-hybridized carbons (Fsp3) is 0.714. The zero-order valence-corrected chi connectivity index (χ0v) is 14.7. The van der Waals surface area contributed by atoms with Crippen LogP contribution in [0.4, 0.5) is 4.79 Å². The van der Waals surface area contributed by atoms with Gasteiger partial charge in [0.2, 0.25) is 0 Å². The molecule has 22 heavy (non-hydrogen) atoms. The van der Waals surface area contributed by atoms with Gasteiger partial charge in [-0.3, -0.25) is 4.79 Å². The predicted molar refractivity (Wildman–Crippen MR) is 83.5 cm³/mol. The fourth-order valence-corrected chi connectivity index (χ4v) is 1.67. The molecule has 2 atom stereocenters. The largest absolute Gasteiger partial charge is 0.460 e. The highest BCUT2D eigenvalue weighted by Gasteiger charge is 2.23. The molecule has 0 aliphatic carbocycles. The van der Waals surface area contributed by atoms with Gasteiger partial charge in [-0.05, 0) is 41.5 Å². The molecule has 0 radical (unpaired) electrons. The standard InChI is InChI=1S/C14H25NO6S/c1-13(2,3)20-11(16)9-10(7-8-22(18)19)15-12(17)21-14(4,5)6/h7-8,10H,9H2,1-6H3,(H,15,17)(H,18,19)/b8-7+/t10-/m1/s1. The molecule has 0 aromatic rings. The van der Waals surface area contributed by atoms with E-state index in [0.29, 0.717) is 0 Å². The van der Waals surface area contributed by atoms with E-state index >= 15 is 0 Å². The molecule has 0 aliphatic rings. The first kappa shape index (κ1) is 20.6. The van der Waals surface area contributed by atoms with Crippen LogP contribution in [0.2, 0.25) is 0 Å². The Balaban J connectivity index is 4.80. The van der Waals surface area contributed by atoms with Crippen LogP contribution in [-0.4, -0.2) is 38.1 Å². The molecule has 0 saturated heterocycles. The highest BCUT2D eigenvalue weighted by molar-refractivity contribution is 7.82. The number of hydrogen-bond acceptors (Lipinski definition) is 5. The van der Waals surface area contributed by atoms with Gasteiger partial charge in [0.1, 0.15) is 11.2 Å². The lowest BCUT2D eigenvalue weighted by Gasteiger charge is -2.23. The third kappa shape index (κ3) is 12.3. The van der Waals surface area contributed by atoms with Crippen LogP contribution >= 0.6 is 0 Å². The van der Waals surface area contributed by atoms with Crippen LogP contribution in [0.5, 0.6) is 0 Å². The summed E-state index contributed by atoms with van der Waals surface area (Å²) in [6, 6.07) is -0.805. The van der Waals surface area contributed by atoms with Crippen LogP contribution < -0.4 is 5.32 Å². The van der Waals surface area contributed by atoms with Crippen LogP contribution in [0, 0.1) is 0 Å². The third-order valence-corrected chi connectivity index (χ3v) is 2.33. The molecule has 0 aromatic carbocycles. The Morgan fingerprint density at radius 3 is 2.05 bits per heavy atom. The number of alkyl carbamates (subject to hydrolysis) is 1. The quantitative estimate of drug-likeness (QED) is 0.590. The van der Waals surface area contributed by atoms with Gasteiger partial charge in [-0.15, -0.1) is 0 Å². The second-order valence-corrected chi connectivity index (χ2v) is 7.47. The third-order valence-electron chi connectivity index (χ3n) is 1.94. The molecule has 0 fully saturated rings. The van der Waals surface area contributed by atoms with E-state index in [0.717, 1.165) is 5.41 Å². The average Bonchev–Trinajstić information content (AvgIpc) is 2.19. The lowest BCUT2D eigenvalue weighted by molar-refractivity contribution is -0.155. The van der Waals surface area contributed by atoms with Crippen molar-refractivity contribution >= 4 is 23.1 Å². The molecule has 0 heterocycles. The molecule has 0 aromatic heterocycles. The van der Waals surface area contributed by atoms with Crippen molar-refractivity contribution < 1.29 is 27.8 Å². The van der Waals surface area contributed by atoms with E-state index in [1.54, 1.807) is 41.5 Å². The van der Waals surface area contributed by atoms with Crippen molar-refractivity contribution in [2.75, 3.05) is 0 Å². The van der Waals surface area contributed by atoms with Crippen molar-refractivity contribution in [2.24, 2.45) is 0 Å². The van der Waals surface area contributed by atoms with Gasteiger partial charge in [0, 0.05) is 5.41 Å². The van der Waals surface area contributed by atoms with Gasteiger partial charge in [-0.2, -0.15) is 0 Å². The maximum Gasteiger partial charge on any atom is 0.408 e. The van der Waals surface area contributed by atoms with Gasteiger partial charge in [0.05, 0.1) is 12.5 Å². The minimum Gasteiger partial charge on any atom is -0.460 e. The topological polar surface area (TPSA) is 102 Å². The van der Waals surface area contributed by atoms with Gasteiger partial charge < -0.3 is 19.3 Å². The minimum absolute atomic E-state index is 0.176. The molecular weight excluding hydrogens is 310 g/mol. The second-order valence-electron chi connectivity index (χ2n) is 6.65. The molecular formula is C14H25NO6S. The molecule has 0 spiro atoms. The SMILES string of the molecule is CC(C)(C)OC(=O)C[C@@H](/C=C/S(=O)O)NC(=O)OC(C)(C)C. The molecule has 0 aliphatic heterocycles. The Morgan fingerprint density at radius 2 is 1.64 bits per heavy atom. The van der Waals surface area contributed by atoms with Crippen molar-refractivity contribution in [1.29, 1.82) is 0 Å². The molecule has 0 bridgehead atoms. The molecule has 7 nitrogen and oxygen atoms in total. The van der Waals surface area contributed by atoms with Gasteiger partial charge in [-0.25, -0.2) is 9.00 Å². The van der Waals surface area contributed by atoms with Crippen molar-refractivity contribution in [1.82, 2.24) is 5.32 Å². The Hall–Kier alpha value is -1.41. The maximum absolute atomic E-state index is 11.8. The lowest BCUT2D eigenvalue weighted by atomic mass is 10.1. The Kier molecular flexibility index (Phi) is 7.75. The fourth-order valence-electron chi connectivity index (χ4n) is 1.35. The number of ether oxygens (including phenoxy) is 2. The van der Waals surface area contributed by atoms with E-state index < -0.39 is 40.4 Å². The molecule has 2 N–H and O–H groups in total. The summed E-state index contributed by atoms with van der Waals surface area (Å²) in [5, 5.41) is 3.42. The zero-order chi connectivity index (χ0) is 17.6. The number of carbonyl (C=O) groups is 2. The lowest BCUT2D eigenvalue weighted by Crippen LogP contribution is -2.40. The van der Waals surface area contributed by atoms with E-state index in [4.69, 9.17) is 14.0 Å². The second kappa shape index (κ2) is 8.28. The highest BCUT2D eigenvalue weighted by Crippen LogP contribution is 2.11. The van der Waals surface area contributed by atoms with E-state index in [1.807, 2.05) is 0 Å². The smallest absolute Gasteiger partial charge is 0.408 e.